The largest absolute Gasteiger partial charge is 0.416 e. The van der Waals surface area contributed by atoms with Crippen LogP contribution in [-0.4, -0.2) is 19.0 Å². The maximum Gasteiger partial charge on any atom is 0.416 e. The molecule has 0 amide bonds. The van der Waals surface area contributed by atoms with Crippen LogP contribution in [-0.2, 0) is 12.7 Å². The minimum absolute atomic E-state index is 0. The standard InChI is InChI=1S/C14H18F3N3.HI/c1-9-6-12(9)20-13(18-2)19-8-10-4-3-5-11(7-10)14(15,16)17;/h3-5,7,9,12H,6,8H2,1-2H3,(H2,18,19,20);1H. The minimum Gasteiger partial charge on any atom is -0.353 e. The molecule has 1 aliphatic carbocycles. The second-order valence-electron chi connectivity index (χ2n) is 5.09. The number of guanidine groups is 1. The summed E-state index contributed by atoms with van der Waals surface area (Å²) < 4.78 is 37.8. The van der Waals surface area contributed by atoms with E-state index in [0.29, 0.717) is 30.0 Å². The molecule has 2 unspecified atom stereocenters. The maximum atomic E-state index is 12.6. The first-order valence-electron chi connectivity index (χ1n) is 6.53. The highest BCUT2D eigenvalue weighted by molar-refractivity contribution is 14.0. The van der Waals surface area contributed by atoms with Crippen molar-refractivity contribution in [2.45, 2.75) is 32.1 Å². The second-order valence-corrected chi connectivity index (χ2v) is 5.09. The number of aliphatic imine (C=N–C) groups is 1. The summed E-state index contributed by atoms with van der Waals surface area (Å²) in [5.74, 6) is 1.25. The zero-order valence-corrected chi connectivity index (χ0v) is 14.2. The van der Waals surface area contributed by atoms with Crippen LogP contribution >= 0.6 is 24.0 Å². The molecular weight excluding hydrogens is 394 g/mol. The summed E-state index contributed by atoms with van der Waals surface area (Å²) in [7, 11) is 1.65. The fourth-order valence-corrected chi connectivity index (χ4v) is 1.94. The maximum absolute atomic E-state index is 12.6. The molecule has 0 bridgehead atoms. The van der Waals surface area contributed by atoms with Gasteiger partial charge in [-0.15, -0.1) is 24.0 Å². The number of benzene rings is 1. The zero-order chi connectivity index (χ0) is 14.8. The highest BCUT2D eigenvalue weighted by Crippen LogP contribution is 2.30. The van der Waals surface area contributed by atoms with Gasteiger partial charge in [-0.2, -0.15) is 13.2 Å². The molecule has 1 aromatic rings. The number of alkyl halides is 3. The van der Waals surface area contributed by atoms with E-state index in [2.05, 4.69) is 22.5 Å². The minimum atomic E-state index is -4.31. The SMILES string of the molecule is CN=C(NCc1cccc(C(F)(F)F)c1)NC1CC1C.I. The van der Waals surface area contributed by atoms with Crippen LogP contribution in [0.4, 0.5) is 13.2 Å². The van der Waals surface area contributed by atoms with Gasteiger partial charge in [-0.25, -0.2) is 0 Å². The third-order valence-corrected chi connectivity index (χ3v) is 3.37. The summed E-state index contributed by atoms with van der Waals surface area (Å²) in [6.07, 6.45) is -3.20. The van der Waals surface area contributed by atoms with Crippen molar-refractivity contribution in [2.24, 2.45) is 10.9 Å². The van der Waals surface area contributed by atoms with Gasteiger partial charge >= 0.3 is 6.18 Å². The summed E-state index contributed by atoms with van der Waals surface area (Å²) in [6, 6.07) is 5.72. The van der Waals surface area contributed by atoms with Gasteiger partial charge in [-0.1, -0.05) is 19.1 Å². The fraction of sp³-hybridized carbons (Fsp3) is 0.500. The van der Waals surface area contributed by atoms with Crippen molar-refractivity contribution < 1.29 is 13.2 Å². The summed E-state index contributed by atoms with van der Waals surface area (Å²) in [6.45, 7) is 2.45. The molecule has 0 heterocycles. The molecule has 2 rings (SSSR count). The van der Waals surface area contributed by atoms with Crippen LogP contribution < -0.4 is 10.6 Å². The number of rotatable bonds is 3. The predicted octanol–water partition coefficient (Wildman–Crippen LogP) is 3.40. The average Bonchev–Trinajstić information content (AvgIpc) is 3.09. The Morgan fingerprint density at radius 1 is 1.38 bits per heavy atom. The van der Waals surface area contributed by atoms with Crippen LogP contribution in [0.15, 0.2) is 29.3 Å². The van der Waals surface area contributed by atoms with Crippen molar-refractivity contribution >= 4 is 29.9 Å². The van der Waals surface area contributed by atoms with E-state index in [1.807, 2.05) is 0 Å². The summed E-state index contributed by atoms with van der Waals surface area (Å²) in [5, 5.41) is 6.25. The number of halogens is 4. The Bertz CT molecular complexity index is 502. The third kappa shape index (κ3) is 5.37. The normalized spacial score (nSPS) is 21.5. The number of nitrogens with one attached hydrogen (secondary N) is 2. The number of hydrogen-bond acceptors (Lipinski definition) is 1. The Kier molecular flexibility index (Phi) is 6.30. The van der Waals surface area contributed by atoms with Gasteiger partial charge in [-0.05, 0) is 30.0 Å². The lowest BCUT2D eigenvalue weighted by molar-refractivity contribution is -0.137. The molecule has 0 radical (unpaired) electrons. The Morgan fingerprint density at radius 3 is 2.57 bits per heavy atom. The monoisotopic (exact) mass is 413 g/mol. The summed E-state index contributed by atoms with van der Waals surface area (Å²) in [4.78, 5) is 4.06. The van der Waals surface area contributed by atoms with Crippen molar-refractivity contribution in [1.29, 1.82) is 0 Å². The van der Waals surface area contributed by atoms with E-state index < -0.39 is 11.7 Å². The van der Waals surface area contributed by atoms with Gasteiger partial charge in [0.1, 0.15) is 0 Å². The van der Waals surface area contributed by atoms with Gasteiger partial charge in [0.25, 0.3) is 0 Å². The lowest BCUT2D eigenvalue weighted by atomic mass is 10.1. The van der Waals surface area contributed by atoms with Crippen molar-refractivity contribution in [3.05, 3.63) is 35.4 Å². The van der Waals surface area contributed by atoms with Crippen molar-refractivity contribution in [3.63, 3.8) is 0 Å². The molecule has 0 saturated heterocycles. The van der Waals surface area contributed by atoms with Gasteiger partial charge < -0.3 is 10.6 Å². The Hall–Kier alpha value is -0.990. The van der Waals surface area contributed by atoms with Crippen LogP contribution in [0.5, 0.6) is 0 Å². The molecule has 1 aliphatic rings. The van der Waals surface area contributed by atoms with Gasteiger partial charge in [-0.3, -0.25) is 4.99 Å². The smallest absolute Gasteiger partial charge is 0.353 e. The third-order valence-electron chi connectivity index (χ3n) is 3.37. The van der Waals surface area contributed by atoms with E-state index in [0.717, 1.165) is 18.6 Å². The molecule has 2 atom stereocenters. The van der Waals surface area contributed by atoms with Gasteiger partial charge in [0.2, 0.25) is 0 Å². The quantitative estimate of drug-likeness (QED) is 0.453. The number of hydrogen-bond donors (Lipinski definition) is 2. The van der Waals surface area contributed by atoms with E-state index >= 15 is 0 Å². The molecule has 21 heavy (non-hydrogen) atoms. The highest BCUT2D eigenvalue weighted by atomic mass is 127. The van der Waals surface area contributed by atoms with E-state index in [9.17, 15) is 13.2 Å². The Labute approximate surface area is 139 Å². The molecule has 1 saturated carbocycles. The second kappa shape index (κ2) is 7.33. The molecule has 7 heteroatoms. The first kappa shape index (κ1) is 18.1. The lowest BCUT2D eigenvalue weighted by Crippen LogP contribution is -2.38. The first-order chi connectivity index (χ1) is 9.40. The molecule has 1 fully saturated rings. The van der Waals surface area contributed by atoms with E-state index in [1.54, 1.807) is 13.1 Å². The molecule has 1 aromatic carbocycles. The predicted molar refractivity (Wildman–Crippen MR) is 87.8 cm³/mol. The average molecular weight is 413 g/mol. The summed E-state index contributed by atoms with van der Waals surface area (Å²) in [5.41, 5.74) is -0.0535. The first-order valence-corrected chi connectivity index (χ1v) is 6.53. The van der Waals surface area contributed by atoms with Crippen molar-refractivity contribution in [1.82, 2.24) is 10.6 Å². The molecule has 118 valence electrons. The fourth-order valence-electron chi connectivity index (χ4n) is 1.94. The van der Waals surface area contributed by atoms with Crippen molar-refractivity contribution in [3.8, 4) is 0 Å². The van der Waals surface area contributed by atoms with Crippen LogP contribution in [0.3, 0.4) is 0 Å². The van der Waals surface area contributed by atoms with Gasteiger partial charge in [0, 0.05) is 19.6 Å². The molecular formula is C14H19F3IN3. The Balaban J connectivity index is 0.00000220. The number of nitrogens with zero attached hydrogens (tertiary/aromatic N) is 1. The van der Waals surface area contributed by atoms with Gasteiger partial charge in [0.15, 0.2) is 5.96 Å². The van der Waals surface area contributed by atoms with E-state index in [1.165, 1.54) is 6.07 Å². The van der Waals surface area contributed by atoms with Crippen LogP contribution in [0.1, 0.15) is 24.5 Å². The topological polar surface area (TPSA) is 36.4 Å². The van der Waals surface area contributed by atoms with E-state index in [-0.39, 0.29) is 24.0 Å². The molecule has 0 aliphatic heterocycles. The zero-order valence-electron chi connectivity index (χ0n) is 11.9. The lowest BCUT2D eigenvalue weighted by Gasteiger charge is -2.13. The van der Waals surface area contributed by atoms with Crippen molar-refractivity contribution in [2.75, 3.05) is 7.05 Å². The van der Waals surface area contributed by atoms with E-state index in [4.69, 9.17) is 0 Å². The summed E-state index contributed by atoms with van der Waals surface area (Å²) >= 11 is 0. The van der Waals surface area contributed by atoms with Crippen LogP contribution in [0, 0.1) is 5.92 Å². The highest BCUT2D eigenvalue weighted by Gasteiger charge is 2.33. The molecule has 2 N–H and O–H groups in total. The molecule has 0 aromatic heterocycles. The Morgan fingerprint density at radius 2 is 2.05 bits per heavy atom. The molecule has 0 spiro atoms. The molecule has 3 nitrogen and oxygen atoms in total. The van der Waals surface area contributed by atoms with Gasteiger partial charge in [0.05, 0.1) is 5.56 Å². The van der Waals surface area contributed by atoms with Crippen LogP contribution in [0.25, 0.3) is 0 Å². The van der Waals surface area contributed by atoms with Crippen LogP contribution in [0.2, 0.25) is 0 Å².